The molecule has 112 valence electrons. The number of fused-ring (bicyclic) bond motifs is 2. The Labute approximate surface area is 122 Å². The molecule has 5 heteroatoms. The van der Waals surface area contributed by atoms with Gasteiger partial charge in [0.15, 0.2) is 0 Å². The highest BCUT2D eigenvalue weighted by molar-refractivity contribution is 5.76. The van der Waals surface area contributed by atoms with Gasteiger partial charge in [0, 0.05) is 45.2 Å². The first kappa shape index (κ1) is 15.3. The number of likely N-dealkylation sites (tertiary alicyclic amines) is 1. The summed E-state index contributed by atoms with van der Waals surface area (Å²) in [5, 5.41) is 8.55. The molecule has 0 spiro atoms. The zero-order valence-electron chi connectivity index (χ0n) is 12.7. The van der Waals surface area contributed by atoms with Crippen molar-refractivity contribution in [1.82, 2.24) is 14.7 Å². The normalized spacial score (nSPS) is 27.1. The summed E-state index contributed by atoms with van der Waals surface area (Å²) in [5.41, 5.74) is 0. The van der Waals surface area contributed by atoms with E-state index in [1.165, 1.54) is 19.3 Å². The van der Waals surface area contributed by atoms with Crippen molar-refractivity contribution in [3.8, 4) is 6.07 Å². The summed E-state index contributed by atoms with van der Waals surface area (Å²) < 4.78 is 0. The third-order valence-electron chi connectivity index (χ3n) is 4.86. The van der Waals surface area contributed by atoms with E-state index in [2.05, 4.69) is 22.9 Å². The topological polar surface area (TPSA) is 50.6 Å². The molecule has 0 aromatic carbocycles. The second-order valence-corrected chi connectivity index (χ2v) is 6.11. The van der Waals surface area contributed by atoms with Crippen LogP contribution in [0.5, 0.6) is 0 Å². The van der Waals surface area contributed by atoms with Crippen LogP contribution in [0.1, 0.15) is 32.1 Å². The molecule has 2 fully saturated rings. The van der Waals surface area contributed by atoms with E-state index in [0.717, 1.165) is 25.7 Å². The van der Waals surface area contributed by atoms with E-state index in [1.54, 1.807) is 11.9 Å². The second-order valence-electron chi connectivity index (χ2n) is 6.11. The maximum absolute atomic E-state index is 12.0. The van der Waals surface area contributed by atoms with Crippen molar-refractivity contribution >= 4 is 5.91 Å². The lowest BCUT2D eigenvalue weighted by Crippen LogP contribution is -2.38. The Bertz CT molecular complexity index is 379. The summed E-state index contributed by atoms with van der Waals surface area (Å²) in [4.78, 5) is 18.6. The van der Waals surface area contributed by atoms with Gasteiger partial charge in [0.2, 0.25) is 5.91 Å². The summed E-state index contributed by atoms with van der Waals surface area (Å²) in [6, 6.07) is 3.50. The van der Waals surface area contributed by atoms with E-state index in [9.17, 15) is 4.79 Å². The minimum absolute atomic E-state index is 0.156. The predicted molar refractivity (Wildman–Crippen MR) is 78.1 cm³/mol. The van der Waals surface area contributed by atoms with Crippen molar-refractivity contribution < 1.29 is 4.79 Å². The quantitative estimate of drug-likeness (QED) is 0.750. The van der Waals surface area contributed by atoms with Gasteiger partial charge in [-0.2, -0.15) is 5.26 Å². The van der Waals surface area contributed by atoms with Gasteiger partial charge in [0.25, 0.3) is 0 Å². The lowest BCUT2D eigenvalue weighted by Gasteiger charge is -2.26. The fourth-order valence-corrected chi connectivity index (χ4v) is 3.37. The van der Waals surface area contributed by atoms with Crippen LogP contribution in [-0.2, 0) is 4.79 Å². The molecule has 2 bridgehead atoms. The highest BCUT2D eigenvalue weighted by Crippen LogP contribution is 2.28. The molecule has 2 heterocycles. The minimum atomic E-state index is 0.156. The molecule has 2 rings (SSSR count). The highest BCUT2D eigenvalue weighted by Gasteiger charge is 2.34. The molecule has 2 unspecified atom stereocenters. The fourth-order valence-electron chi connectivity index (χ4n) is 3.37. The summed E-state index contributed by atoms with van der Waals surface area (Å²) in [5.74, 6) is 0.156. The van der Waals surface area contributed by atoms with Gasteiger partial charge in [-0.05, 0) is 32.9 Å². The molecule has 0 N–H and O–H groups in total. The lowest BCUT2D eigenvalue weighted by atomic mass is 10.1. The molecular weight excluding hydrogens is 252 g/mol. The first-order chi connectivity index (χ1) is 9.61. The van der Waals surface area contributed by atoms with Crippen molar-refractivity contribution in [3.05, 3.63) is 0 Å². The van der Waals surface area contributed by atoms with Gasteiger partial charge in [-0.3, -0.25) is 9.69 Å². The van der Waals surface area contributed by atoms with Crippen LogP contribution in [0, 0.1) is 11.3 Å². The lowest BCUT2D eigenvalue weighted by molar-refractivity contribution is -0.130. The molecule has 0 radical (unpaired) electrons. The van der Waals surface area contributed by atoms with Crippen LogP contribution in [0.25, 0.3) is 0 Å². The first-order valence-electron chi connectivity index (χ1n) is 7.67. The maximum atomic E-state index is 12.0. The minimum Gasteiger partial charge on any atom is -0.345 e. The highest BCUT2D eigenvalue weighted by atomic mass is 16.2. The van der Waals surface area contributed by atoms with Crippen molar-refractivity contribution in [2.75, 3.05) is 40.3 Å². The van der Waals surface area contributed by atoms with Gasteiger partial charge in [0.05, 0.1) is 12.5 Å². The molecule has 2 aliphatic heterocycles. The number of amides is 1. The summed E-state index contributed by atoms with van der Waals surface area (Å²) >= 11 is 0. The number of nitrogens with zero attached hydrogens (tertiary/aromatic N) is 4. The largest absolute Gasteiger partial charge is 0.345 e. The van der Waals surface area contributed by atoms with Gasteiger partial charge in [-0.1, -0.05) is 0 Å². The fraction of sp³-hybridized carbons (Fsp3) is 0.867. The molecule has 20 heavy (non-hydrogen) atoms. The Balaban J connectivity index is 1.74. The van der Waals surface area contributed by atoms with Crippen molar-refractivity contribution in [1.29, 1.82) is 5.26 Å². The third kappa shape index (κ3) is 3.71. The number of rotatable bonds is 5. The number of carbonyl (C=O) groups is 1. The average molecular weight is 278 g/mol. The molecule has 2 aliphatic rings. The summed E-state index contributed by atoms with van der Waals surface area (Å²) in [7, 11) is 4.03. The molecule has 5 nitrogen and oxygen atoms in total. The molecular formula is C15H26N4O. The van der Waals surface area contributed by atoms with Crippen LogP contribution in [0.2, 0.25) is 0 Å². The van der Waals surface area contributed by atoms with Crippen LogP contribution in [-0.4, -0.2) is 73.0 Å². The summed E-state index contributed by atoms with van der Waals surface area (Å²) in [6.45, 7) is 3.61. The molecule has 0 saturated carbocycles. The number of likely N-dealkylation sites (N-methyl/N-ethyl adjacent to an activating group) is 1. The van der Waals surface area contributed by atoms with Crippen LogP contribution < -0.4 is 0 Å². The standard InChI is InChI=1S/C15H26N4O/c1-17(9-3-8-16)15(20)7-11-19-10-6-13-4-5-14(12-19)18(13)2/h13-14H,3-7,9-12H2,1-2H3. The Hall–Kier alpha value is -1.12. The van der Waals surface area contributed by atoms with Crippen LogP contribution in [0.3, 0.4) is 0 Å². The van der Waals surface area contributed by atoms with Crippen LogP contribution >= 0.6 is 0 Å². The average Bonchev–Trinajstić information content (AvgIpc) is 2.68. The SMILES string of the molecule is CN(CCC#N)C(=O)CCN1CCC2CCC(C1)N2C. The van der Waals surface area contributed by atoms with Crippen LogP contribution in [0.15, 0.2) is 0 Å². The van der Waals surface area contributed by atoms with E-state index in [0.29, 0.717) is 25.4 Å². The maximum Gasteiger partial charge on any atom is 0.223 e. The number of carbonyl (C=O) groups excluding carboxylic acids is 1. The van der Waals surface area contributed by atoms with E-state index in [1.807, 2.05) is 0 Å². The zero-order valence-corrected chi connectivity index (χ0v) is 12.7. The van der Waals surface area contributed by atoms with Gasteiger partial charge in [0.1, 0.15) is 0 Å². The molecule has 2 atom stereocenters. The second kappa shape index (κ2) is 7.05. The number of nitriles is 1. The zero-order chi connectivity index (χ0) is 14.5. The predicted octanol–water partition coefficient (Wildman–Crippen LogP) is 0.917. The van der Waals surface area contributed by atoms with Gasteiger partial charge in [-0.25, -0.2) is 0 Å². The Kier molecular flexibility index (Phi) is 5.38. The van der Waals surface area contributed by atoms with Crippen molar-refractivity contribution in [2.24, 2.45) is 0 Å². The monoisotopic (exact) mass is 278 g/mol. The van der Waals surface area contributed by atoms with E-state index < -0.39 is 0 Å². The first-order valence-corrected chi connectivity index (χ1v) is 7.67. The number of hydrogen-bond donors (Lipinski definition) is 0. The molecule has 0 aromatic rings. The van der Waals surface area contributed by atoms with Gasteiger partial charge in [-0.15, -0.1) is 0 Å². The van der Waals surface area contributed by atoms with Gasteiger partial charge >= 0.3 is 0 Å². The molecule has 0 aliphatic carbocycles. The molecule has 1 amide bonds. The number of hydrogen-bond acceptors (Lipinski definition) is 4. The van der Waals surface area contributed by atoms with E-state index >= 15 is 0 Å². The Morgan fingerprint density at radius 3 is 2.85 bits per heavy atom. The summed E-state index contributed by atoms with van der Waals surface area (Å²) in [6.07, 6.45) is 4.85. The smallest absolute Gasteiger partial charge is 0.223 e. The van der Waals surface area contributed by atoms with Crippen LogP contribution in [0.4, 0.5) is 0 Å². The third-order valence-corrected chi connectivity index (χ3v) is 4.86. The van der Waals surface area contributed by atoms with Gasteiger partial charge < -0.3 is 9.80 Å². The molecule has 2 saturated heterocycles. The van der Waals surface area contributed by atoms with Crippen molar-refractivity contribution in [3.63, 3.8) is 0 Å². The van der Waals surface area contributed by atoms with E-state index in [-0.39, 0.29) is 5.91 Å². The Morgan fingerprint density at radius 2 is 2.10 bits per heavy atom. The Morgan fingerprint density at radius 1 is 1.35 bits per heavy atom. The van der Waals surface area contributed by atoms with E-state index in [4.69, 9.17) is 5.26 Å². The molecule has 0 aromatic heterocycles. The van der Waals surface area contributed by atoms with Crippen molar-refractivity contribution in [2.45, 2.75) is 44.2 Å².